The third-order valence-electron chi connectivity index (χ3n) is 1.51. The third kappa shape index (κ3) is 4.61. The zero-order chi connectivity index (χ0) is 11.3. The first-order chi connectivity index (χ1) is 6.99. The zero-order valence-electron chi connectivity index (χ0n) is 8.30. The summed E-state index contributed by atoms with van der Waals surface area (Å²) < 4.78 is 28.9. The maximum Gasteiger partial charge on any atom is 0.237 e. The summed E-state index contributed by atoms with van der Waals surface area (Å²) in [6.45, 7) is 0.378. The van der Waals surface area contributed by atoms with Crippen LogP contribution in [-0.4, -0.2) is 32.8 Å². The van der Waals surface area contributed by atoms with E-state index in [9.17, 15) is 8.42 Å². The summed E-state index contributed by atoms with van der Waals surface area (Å²) in [4.78, 5) is 3.89. The van der Waals surface area contributed by atoms with E-state index in [1.165, 1.54) is 0 Å². The Hall–Kier alpha value is -1.34. The number of aromatic nitrogens is 1. The molecule has 0 radical (unpaired) electrons. The van der Waals surface area contributed by atoms with Gasteiger partial charge in [0.2, 0.25) is 15.9 Å². The van der Waals surface area contributed by atoms with Gasteiger partial charge in [-0.25, -0.2) is 18.1 Å². The van der Waals surface area contributed by atoms with Gasteiger partial charge in [0.15, 0.2) is 0 Å². The Morgan fingerprint density at radius 2 is 2.33 bits per heavy atom. The van der Waals surface area contributed by atoms with E-state index in [-0.39, 0.29) is 13.2 Å². The number of hydrogen-bond acceptors (Lipinski definition) is 5. The maximum atomic E-state index is 10.7. The van der Waals surface area contributed by atoms with Crippen LogP contribution in [0.4, 0.5) is 5.69 Å². The molecule has 6 nitrogen and oxygen atoms in total. The lowest BCUT2D eigenvalue weighted by atomic mass is 10.4. The van der Waals surface area contributed by atoms with E-state index < -0.39 is 10.0 Å². The summed E-state index contributed by atoms with van der Waals surface area (Å²) in [6, 6.07) is 3.35. The molecule has 1 rings (SSSR count). The molecule has 0 atom stereocenters. The summed E-state index contributed by atoms with van der Waals surface area (Å²) in [5.74, 6) is 0.313. The lowest BCUT2D eigenvalue weighted by Crippen LogP contribution is -2.27. The van der Waals surface area contributed by atoms with Crippen molar-refractivity contribution in [2.75, 3.05) is 25.1 Å². The normalized spacial score (nSPS) is 11.3. The van der Waals surface area contributed by atoms with E-state index in [2.05, 4.69) is 9.71 Å². The van der Waals surface area contributed by atoms with Gasteiger partial charge in [0.05, 0.1) is 11.9 Å². The van der Waals surface area contributed by atoms with Crippen molar-refractivity contribution in [2.24, 2.45) is 0 Å². The van der Waals surface area contributed by atoms with Crippen LogP contribution in [0.1, 0.15) is 0 Å². The molecule has 0 aliphatic rings. The van der Waals surface area contributed by atoms with Gasteiger partial charge in [-0.05, 0) is 12.1 Å². The number of nitrogen functional groups attached to an aromatic ring is 1. The van der Waals surface area contributed by atoms with Crippen LogP contribution in [0.15, 0.2) is 18.3 Å². The number of hydrogen-bond donors (Lipinski definition) is 2. The molecule has 1 aromatic heterocycles. The van der Waals surface area contributed by atoms with Crippen molar-refractivity contribution in [1.82, 2.24) is 9.71 Å². The Bertz CT molecular complexity index is 419. The van der Waals surface area contributed by atoms with Crippen molar-refractivity contribution >= 4 is 15.7 Å². The number of nitrogens with one attached hydrogen (secondary N) is 1. The maximum absolute atomic E-state index is 10.7. The molecule has 0 aliphatic heterocycles. The van der Waals surface area contributed by atoms with Crippen LogP contribution in [0.5, 0.6) is 5.88 Å². The van der Waals surface area contributed by atoms with Gasteiger partial charge in [0.1, 0.15) is 6.61 Å². The zero-order valence-corrected chi connectivity index (χ0v) is 9.12. The summed E-state index contributed by atoms with van der Waals surface area (Å²) in [5, 5.41) is 0. The van der Waals surface area contributed by atoms with Gasteiger partial charge in [-0.2, -0.15) is 0 Å². The third-order valence-corrected chi connectivity index (χ3v) is 2.23. The van der Waals surface area contributed by atoms with Crippen LogP contribution in [0.3, 0.4) is 0 Å². The Balaban J connectivity index is 2.36. The molecule has 3 N–H and O–H groups in total. The molecule has 0 aromatic carbocycles. The van der Waals surface area contributed by atoms with Crippen LogP contribution >= 0.6 is 0 Å². The molecular formula is C8H13N3O3S. The van der Waals surface area contributed by atoms with Crippen LogP contribution < -0.4 is 15.2 Å². The minimum absolute atomic E-state index is 0.189. The molecule has 0 saturated carbocycles. The van der Waals surface area contributed by atoms with Crippen molar-refractivity contribution < 1.29 is 13.2 Å². The lowest BCUT2D eigenvalue weighted by molar-refractivity contribution is 0.312. The van der Waals surface area contributed by atoms with E-state index in [1.807, 2.05) is 0 Å². The number of ether oxygens (including phenoxy) is 1. The highest BCUT2D eigenvalue weighted by molar-refractivity contribution is 7.88. The molecule has 7 heteroatoms. The second-order valence-corrected chi connectivity index (χ2v) is 4.75. The fraction of sp³-hybridized carbons (Fsp3) is 0.375. The van der Waals surface area contributed by atoms with Crippen molar-refractivity contribution in [2.45, 2.75) is 0 Å². The van der Waals surface area contributed by atoms with Crippen LogP contribution in [0, 0.1) is 0 Å². The van der Waals surface area contributed by atoms with Gasteiger partial charge in [-0.3, -0.25) is 0 Å². The van der Waals surface area contributed by atoms with Gasteiger partial charge < -0.3 is 10.5 Å². The lowest BCUT2D eigenvalue weighted by Gasteiger charge is -2.06. The first-order valence-electron chi connectivity index (χ1n) is 4.27. The van der Waals surface area contributed by atoms with E-state index in [4.69, 9.17) is 10.5 Å². The fourth-order valence-electron chi connectivity index (χ4n) is 0.899. The fourth-order valence-corrected chi connectivity index (χ4v) is 1.35. The quantitative estimate of drug-likeness (QED) is 0.672. The van der Waals surface area contributed by atoms with E-state index in [0.29, 0.717) is 11.6 Å². The minimum atomic E-state index is -3.17. The molecule has 0 fully saturated rings. The first kappa shape index (κ1) is 11.7. The Kier molecular flexibility index (Phi) is 3.87. The number of pyridine rings is 1. The Labute approximate surface area is 88.5 Å². The van der Waals surface area contributed by atoms with Crippen LogP contribution in [0.2, 0.25) is 0 Å². The molecule has 0 unspecified atom stereocenters. The number of rotatable bonds is 5. The van der Waals surface area contributed by atoms with Crippen molar-refractivity contribution in [1.29, 1.82) is 0 Å². The number of nitrogens with zero attached hydrogens (tertiary/aromatic N) is 1. The predicted octanol–water partition coefficient (Wildman–Crippen LogP) is -0.408. The number of sulfonamides is 1. The van der Waals surface area contributed by atoms with Gasteiger partial charge in [0.25, 0.3) is 0 Å². The highest BCUT2D eigenvalue weighted by atomic mass is 32.2. The van der Waals surface area contributed by atoms with E-state index in [1.54, 1.807) is 18.3 Å². The highest BCUT2D eigenvalue weighted by Gasteiger charge is 2.02. The second kappa shape index (κ2) is 4.94. The van der Waals surface area contributed by atoms with Gasteiger partial charge in [-0.15, -0.1) is 0 Å². The summed E-state index contributed by atoms with van der Waals surface area (Å²) in [7, 11) is -3.17. The van der Waals surface area contributed by atoms with Crippen LogP contribution in [-0.2, 0) is 10.0 Å². The summed E-state index contributed by atoms with van der Waals surface area (Å²) in [6.07, 6.45) is 2.64. The summed E-state index contributed by atoms with van der Waals surface area (Å²) in [5.41, 5.74) is 5.99. The van der Waals surface area contributed by atoms with Gasteiger partial charge >= 0.3 is 0 Å². The molecule has 0 spiro atoms. The van der Waals surface area contributed by atoms with E-state index in [0.717, 1.165) is 6.26 Å². The second-order valence-electron chi connectivity index (χ2n) is 2.91. The molecule has 0 saturated heterocycles. The molecule has 0 aliphatic carbocycles. The highest BCUT2D eigenvalue weighted by Crippen LogP contribution is 2.15. The average molecular weight is 231 g/mol. The molecule has 1 aromatic rings. The number of nitrogens with two attached hydrogens (primary N) is 1. The monoisotopic (exact) mass is 231 g/mol. The van der Waals surface area contributed by atoms with Crippen LogP contribution in [0.25, 0.3) is 0 Å². The van der Waals surface area contributed by atoms with Crippen molar-refractivity contribution in [3.05, 3.63) is 18.3 Å². The largest absolute Gasteiger partial charge is 0.475 e. The first-order valence-corrected chi connectivity index (χ1v) is 6.16. The molecule has 84 valence electrons. The molecule has 0 bridgehead atoms. The van der Waals surface area contributed by atoms with Gasteiger partial charge in [-0.1, -0.05) is 0 Å². The number of anilines is 1. The average Bonchev–Trinajstić information content (AvgIpc) is 2.13. The molecule has 0 amide bonds. The molecular weight excluding hydrogens is 218 g/mol. The van der Waals surface area contributed by atoms with E-state index >= 15 is 0 Å². The predicted molar refractivity (Wildman–Crippen MR) is 57.0 cm³/mol. The molecule has 15 heavy (non-hydrogen) atoms. The molecule has 1 heterocycles. The minimum Gasteiger partial charge on any atom is -0.475 e. The van der Waals surface area contributed by atoms with Crippen molar-refractivity contribution in [3.63, 3.8) is 0 Å². The topological polar surface area (TPSA) is 94.3 Å². The Morgan fingerprint density at radius 1 is 1.60 bits per heavy atom. The Morgan fingerprint density at radius 3 is 2.93 bits per heavy atom. The van der Waals surface area contributed by atoms with Gasteiger partial charge in [0, 0.05) is 12.7 Å². The van der Waals surface area contributed by atoms with Crippen molar-refractivity contribution in [3.8, 4) is 5.88 Å². The standard InChI is InChI=1S/C8H13N3O3S/c1-15(12,13)11-5-6-14-8-7(9)3-2-4-10-8/h2-4,11H,5-6,9H2,1H3. The smallest absolute Gasteiger partial charge is 0.237 e. The SMILES string of the molecule is CS(=O)(=O)NCCOc1ncccc1N. The summed E-state index contributed by atoms with van der Waals surface area (Å²) >= 11 is 0.